The summed E-state index contributed by atoms with van der Waals surface area (Å²) in [7, 11) is 1.55. The van der Waals surface area contributed by atoms with E-state index in [-0.39, 0.29) is 64.5 Å². The Balaban J connectivity index is 0.00000289. The minimum atomic E-state index is -0.454. The quantitative estimate of drug-likeness (QED) is 0.173. The molecule has 2 aromatic heterocycles. The van der Waals surface area contributed by atoms with Gasteiger partial charge in [0.25, 0.3) is 11.8 Å². The SMILES string of the molecule is COCCNC(=O)c1ccc(C(=O)NN=C(C)c2csc(-c3ccc(Cl)c(Cl)c3)c2O)s1.[H-].[K+]. The van der Waals surface area contributed by atoms with Crippen molar-refractivity contribution in [3.8, 4) is 16.2 Å². The van der Waals surface area contributed by atoms with Gasteiger partial charge in [-0.1, -0.05) is 29.3 Å². The van der Waals surface area contributed by atoms with Crippen LogP contribution in [0.2, 0.25) is 10.0 Å². The minimum Gasteiger partial charge on any atom is -1.00 e. The average Bonchev–Trinajstić information content (AvgIpc) is 3.41. The Morgan fingerprint density at radius 3 is 2.52 bits per heavy atom. The van der Waals surface area contributed by atoms with E-state index in [4.69, 9.17) is 27.9 Å². The zero-order valence-electron chi connectivity index (χ0n) is 19.1. The predicted octanol–water partition coefficient (Wildman–Crippen LogP) is 2.14. The number of carbonyl (C=O) groups is 2. The van der Waals surface area contributed by atoms with E-state index < -0.39 is 5.91 Å². The van der Waals surface area contributed by atoms with Gasteiger partial charge < -0.3 is 16.6 Å². The van der Waals surface area contributed by atoms with Gasteiger partial charge >= 0.3 is 51.4 Å². The molecule has 0 aliphatic heterocycles. The van der Waals surface area contributed by atoms with Gasteiger partial charge in [-0.15, -0.1) is 22.7 Å². The van der Waals surface area contributed by atoms with Crippen LogP contribution in [-0.2, 0) is 4.74 Å². The number of benzene rings is 1. The molecule has 0 spiro atoms. The molecule has 12 heteroatoms. The molecule has 170 valence electrons. The molecule has 2 amide bonds. The number of aromatic hydroxyl groups is 1. The second kappa shape index (κ2) is 13.3. The molecule has 3 aromatic rings. The Labute approximate surface area is 253 Å². The summed E-state index contributed by atoms with van der Waals surface area (Å²) in [5.41, 5.74) is 4.09. The third-order valence-corrected chi connectivity index (χ3v) is 7.15. The fourth-order valence-corrected chi connectivity index (χ4v) is 4.75. The third-order valence-electron chi connectivity index (χ3n) is 4.31. The summed E-state index contributed by atoms with van der Waals surface area (Å²) in [5.74, 6) is -0.691. The number of ether oxygens (including phenoxy) is 1. The van der Waals surface area contributed by atoms with Crippen LogP contribution in [0.4, 0.5) is 0 Å². The van der Waals surface area contributed by atoms with E-state index in [0.29, 0.717) is 49.1 Å². The van der Waals surface area contributed by atoms with Crippen LogP contribution in [0.25, 0.3) is 10.4 Å². The van der Waals surface area contributed by atoms with E-state index in [1.807, 2.05) is 0 Å². The van der Waals surface area contributed by atoms with Gasteiger partial charge in [-0.05, 0) is 36.8 Å². The van der Waals surface area contributed by atoms with Crippen LogP contribution in [-0.4, -0.2) is 42.9 Å². The molecule has 3 rings (SSSR count). The number of rotatable bonds is 8. The Kier molecular flexibility index (Phi) is 11.5. The molecule has 3 N–H and O–H groups in total. The van der Waals surface area contributed by atoms with Crippen molar-refractivity contribution in [1.29, 1.82) is 0 Å². The molecule has 0 saturated heterocycles. The largest absolute Gasteiger partial charge is 1.00 e. The van der Waals surface area contributed by atoms with Crippen LogP contribution in [0.15, 0.2) is 40.8 Å². The number of nitrogens with zero attached hydrogens (tertiary/aromatic N) is 1. The molecule has 0 bridgehead atoms. The second-order valence-electron chi connectivity index (χ2n) is 6.51. The summed E-state index contributed by atoms with van der Waals surface area (Å²) in [6, 6.07) is 8.23. The number of hydrogen-bond donors (Lipinski definition) is 3. The van der Waals surface area contributed by atoms with Gasteiger partial charge in [0, 0.05) is 19.0 Å². The Morgan fingerprint density at radius 2 is 1.85 bits per heavy atom. The topological polar surface area (TPSA) is 100 Å². The maximum atomic E-state index is 12.4. The number of amides is 2. The number of carbonyl (C=O) groups excluding carboxylic acids is 2. The smallest absolute Gasteiger partial charge is 1.00 e. The van der Waals surface area contributed by atoms with Gasteiger partial charge in [-0.3, -0.25) is 9.59 Å². The van der Waals surface area contributed by atoms with E-state index in [9.17, 15) is 14.7 Å². The van der Waals surface area contributed by atoms with Crippen molar-refractivity contribution < 1.29 is 72.2 Å². The third kappa shape index (κ3) is 7.34. The number of nitrogens with one attached hydrogen (secondary N) is 2. The van der Waals surface area contributed by atoms with Crippen LogP contribution in [0, 0.1) is 0 Å². The molecule has 0 unspecified atom stereocenters. The van der Waals surface area contributed by atoms with Gasteiger partial charge in [0.05, 0.1) is 42.6 Å². The summed E-state index contributed by atoms with van der Waals surface area (Å²) in [6.07, 6.45) is 0. The van der Waals surface area contributed by atoms with Crippen LogP contribution < -0.4 is 62.1 Å². The van der Waals surface area contributed by atoms with E-state index >= 15 is 0 Å². The van der Waals surface area contributed by atoms with E-state index in [2.05, 4.69) is 15.8 Å². The van der Waals surface area contributed by atoms with Gasteiger partial charge in [0.15, 0.2) is 0 Å². The van der Waals surface area contributed by atoms with Gasteiger partial charge in [0.1, 0.15) is 5.75 Å². The number of hydrazone groups is 1. The molecule has 0 aliphatic rings. The standard InChI is InChI=1S/C21H19Cl2N3O4S2.K.H/c1-11(13-10-31-19(18(13)27)12-3-4-14(22)15(23)9-12)25-26-21(29)17-6-5-16(32-17)20(28)24-7-8-30-2;;/h3-6,9-10,27H,7-8H2,1-2H3,(H,24,28)(H,26,29);;/q;+1;-1. The first kappa shape index (κ1) is 28.4. The molecule has 1 aromatic carbocycles. The zero-order valence-corrected chi connectivity index (χ0v) is 24.3. The van der Waals surface area contributed by atoms with Crippen LogP contribution in [0.5, 0.6) is 5.75 Å². The monoisotopic (exact) mass is 551 g/mol. The summed E-state index contributed by atoms with van der Waals surface area (Å²) < 4.78 is 4.89. The fourth-order valence-electron chi connectivity index (χ4n) is 2.64. The normalized spacial score (nSPS) is 11.1. The average molecular weight is 553 g/mol. The second-order valence-corrected chi connectivity index (χ2v) is 9.28. The van der Waals surface area contributed by atoms with Crippen LogP contribution >= 0.6 is 45.9 Å². The first-order chi connectivity index (χ1) is 15.3. The number of halogens is 2. The molecule has 0 atom stereocenters. The Hall–Kier alpha value is -0.794. The summed E-state index contributed by atoms with van der Waals surface area (Å²) in [5, 5.41) is 20.0. The predicted molar refractivity (Wildman–Crippen MR) is 131 cm³/mol. The van der Waals surface area contributed by atoms with Crippen molar-refractivity contribution in [2.45, 2.75) is 6.92 Å². The molecule has 33 heavy (non-hydrogen) atoms. The number of thiophene rings is 2. The van der Waals surface area contributed by atoms with Crippen molar-refractivity contribution in [3.05, 3.63) is 61.1 Å². The number of methoxy groups -OCH3 is 1. The zero-order chi connectivity index (χ0) is 23.3. The van der Waals surface area contributed by atoms with E-state index in [0.717, 1.165) is 16.9 Å². The van der Waals surface area contributed by atoms with Crippen LogP contribution in [0.3, 0.4) is 0 Å². The molecular weight excluding hydrogens is 532 g/mol. The minimum absolute atomic E-state index is 0. The Morgan fingerprint density at radius 1 is 1.15 bits per heavy atom. The molecule has 0 radical (unpaired) electrons. The molecule has 0 aliphatic carbocycles. The number of hydrogen-bond acceptors (Lipinski definition) is 7. The molecular formula is C21H20Cl2KN3O4S2. The molecule has 2 heterocycles. The Bertz CT molecular complexity index is 1190. The molecule has 0 saturated carbocycles. The van der Waals surface area contributed by atoms with Crippen molar-refractivity contribution in [2.75, 3.05) is 20.3 Å². The van der Waals surface area contributed by atoms with Gasteiger partial charge in [-0.2, -0.15) is 5.10 Å². The maximum absolute atomic E-state index is 12.4. The van der Waals surface area contributed by atoms with Gasteiger partial charge in [0.2, 0.25) is 0 Å². The van der Waals surface area contributed by atoms with Crippen molar-refractivity contribution in [3.63, 3.8) is 0 Å². The van der Waals surface area contributed by atoms with E-state index in [1.165, 1.54) is 11.3 Å². The van der Waals surface area contributed by atoms with Crippen molar-refractivity contribution in [2.24, 2.45) is 5.10 Å². The summed E-state index contributed by atoms with van der Waals surface area (Å²) in [6.45, 7) is 2.46. The molecule has 7 nitrogen and oxygen atoms in total. The van der Waals surface area contributed by atoms with Gasteiger partial charge in [-0.25, -0.2) is 5.43 Å². The summed E-state index contributed by atoms with van der Waals surface area (Å²) >= 11 is 14.4. The van der Waals surface area contributed by atoms with Crippen molar-refractivity contribution in [1.82, 2.24) is 10.7 Å². The van der Waals surface area contributed by atoms with Crippen molar-refractivity contribution >= 4 is 63.4 Å². The molecule has 0 fully saturated rings. The summed E-state index contributed by atoms with van der Waals surface area (Å²) in [4.78, 5) is 25.8. The first-order valence-electron chi connectivity index (χ1n) is 9.29. The first-order valence-corrected chi connectivity index (χ1v) is 11.7. The maximum Gasteiger partial charge on any atom is 1.00 e. The van der Waals surface area contributed by atoms with Crippen LogP contribution in [0.1, 0.15) is 33.3 Å². The fraction of sp³-hybridized carbons (Fsp3) is 0.190. The van der Waals surface area contributed by atoms with E-state index in [1.54, 1.807) is 49.7 Å².